The molecule has 0 fully saturated rings. The number of amides is 1. The van der Waals surface area contributed by atoms with Crippen molar-refractivity contribution in [3.8, 4) is 0 Å². The summed E-state index contributed by atoms with van der Waals surface area (Å²) in [5.41, 5.74) is 2.33. The first kappa shape index (κ1) is 16.7. The summed E-state index contributed by atoms with van der Waals surface area (Å²) in [4.78, 5) is 14.1. The minimum Gasteiger partial charge on any atom is -0.321 e. The number of anilines is 1. The molecule has 22 heavy (non-hydrogen) atoms. The van der Waals surface area contributed by atoms with Crippen molar-refractivity contribution < 1.29 is 13.2 Å². The molecular weight excluding hydrogens is 320 g/mol. The molecule has 3 N–H and O–H groups in total. The molecule has 7 heteroatoms. The van der Waals surface area contributed by atoms with Crippen LogP contribution in [0.15, 0.2) is 30.3 Å². The van der Waals surface area contributed by atoms with Gasteiger partial charge in [-0.2, -0.15) is 0 Å². The maximum Gasteiger partial charge on any atom is 0.265 e. The summed E-state index contributed by atoms with van der Waals surface area (Å²) in [6.45, 7) is 4.05. The molecule has 0 saturated carbocycles. The van der Waals surface area contributed by atoms with Gasteiger partial charge in [0.05, 0.1) is 10.6 Å². The summed E-state index contributed by atoms with van der Waals surface area (Å²) in [7, 11) is -3.55. The van der Waals surface area contributed by atoms with E-state index < -0.39 is 10.0 Å². The lowest BCUT2D eigenvalue weighted by Crippen LogP contribution is -2.14. The zero-order valence-electron chi connectivity index (χ0n) is 12.4. The zero-order chi connectivity index (χ0) is 16.3. The van der Waals surface area contributed by atoms with E-state index in [0.717, 1.165) is 12.0 Å². The first-order valence-electron chi connectivity index (χ1n) is 6.78. The van der Waals surface area contributed by atoms with Gasteiger partial charge in [-0.25, -0.2) is 13.6 Å². The summed E-state index contributed by atoms with van der Waals surface area (Å²) in [6, 6.07) is 8.49. The minimum absolute atomic E-state index is 0.160. The van der Waals surface area contributed by atoms with Crippen molar-refractivity contribution >= 4 is 33.0 Å². The van der Waals surface area contributed by atoms with Crippen LogP contribution < -0.4 is 10.5 Å². The van der Waals surface area contributed by atoms with Crippen molar-refractivity contribution in [1.29, 1.82) is 0 Å². The average Bonchev–Trinajstić information content (AvgIpc) is 2.81. The molecule has 118 valence electrons. The number of primary sulfonamides is 1. The van der Waals surface area contributed by atoms with E-state index in [-0.39, 0.29) is 11.7 Å². The number of carbonyl (C=O) groups excluding carboxylic acids is 1. The van der Waals surface area contributed by atoms with Gasteiger partial charge in [-0.1, -0.05) is 19.1 Å². The number of hydrogen-bond acceptors (Lipinski definition) is 4. The van der Waals surface area contributed by atoms with E-state index in [1.54, 1.807) is 24.3 Å². The van der Waals surface area contributed by atoms with Gasteiger partial charge < -0.3 is 5.32 Å². The van der Waals surface area contributed by atoms with E-state index >= 15 is 0 Å². The number of sulfonamides is 1. The van der Waals surface area contributed by atoms with Gasteiger partial charge in [0.15, 0.2) is 0 Å². The molecule has 2 rings (SSSR count). The van der Waals surface area contributed by atoms with E-state index in [1.807, 2.05) is 13.0 Å². The highest BCUT2D eigenvalue weighted by Crippen LogP contribution is 2.23. The lowest BCUT2D eigenvalue weighted by molar-refractivity contribution is 0.103. The van der Waals surface area contributed by atoms with Crippen LogP contribution in [0.2, 0.25) is 0 Å². The van der Waals surface area contributed by atoms with Gasteiger partial charge in [0.1, 0.15) is 0 Å². The molecule has 0 bridgehead atoms. The molecule has 0 unspecified atom stereocenters. The van der Waals surface area contributed by atoms with Crippen molar-refractivity contribution in [2.75, 3.05) is 5.32 Å². The summed E-state index contributed by atoms with van der Waals surface area (Å²) in [5.74, 6) is -0.377. The lowest BCUT2D eigenvalue weighted by atomic mass is 10.2. The van der Waals surface area contributed by atoms with Crippen LogP contribution in [-0.2, 0) is 22.2 Å². The fraction of sp³-hybridized carbons (Fsp3) is 0.267. The second-order valence-electron chi connectivity index (χ2n) is 5.03. The fourth-order valence-corrected chi connectivity index (χ4v) is 3.76. The Morgan fingerprint density at radius 2 is 1.91 bits per heavy atom. The van der Waals surface area contributed by atoms with Gasteiger partial charge in [0.2, 0.25) is 10.0 Å². The third-order valence-electron chi connectivity index (χ3n) is 3.15. The molecule has 0 radical (unpaired) electrons. The molecule has 0 aliphatic rings. The summed E-state index contributed by atoms with van der Waals surface area (Å²) < 4.78 is 22.0. The number of nitrogens with one attached hydrogen (secondary N) is 1. The molecule has 1 aromatic carbocycles. The van der Waals surface area contributed by atoms with Crippen LogP contribution in [-0.4, -0.2) is 14.3 Å². The molecular formula is C15H18N2O3S2. The number of aryl methyl sites for hydroxylation is 2. The van der Waals surface area contributed by atoms with Crippen molar-refractivity contribution in [2.24, 2.45) is 5.14 Å². The first-order valence-corrected chi connectivity index (χ1v) is 9.31. The third-order valence-corrected chi connectivity index (χ3v) is 5.26. The predicted octanol–water partition coefficient (Wildman–Crippen LogP) is 2.66. The Hall–Kier alpha value is -1.70. The van der Waals surface area contributed by atoms with Crippen molar-refractivity contribution in [2.45, 2.75) is 26.0 Å². The van der Waals surface area contributed by atoms with Crippen LogP contribution in [0.4, 0.5) is 5.69 Å². The Bertz CT molecular complexity index is 778. The molecule has 0 aliphatic heterocycles. The Balaban J connectivity index is 2.08. The molecule has 0 spiro atoms. The van der Waals surface area contributed by atoms with E-state index in [9.17, 15) is 13.2 Å². The Kier molecular flexibility index (Phi) is 5.00. The number of thiophene rings is 1. The molecule has 1 heterocycles. The largest absolute Gasteiger partial charge is 0.321 e. The molecule has 0 aliphatic carbocycles. The van der Waals surface area contributed by atoms with Crippen molar-refractivity contribution in [3.63, 3.8) is 0 Å². The maximum atomic E-state index is 12.2. The van der Waals surface area contributed by atoms with E-state index in [4.69, 9.17) is 5.14 Å². The molecule has 0 saturated heterocycles. The average molecular weight is 338 g/mol. The summed E-state index contributed by atoms with van der Waals surface area (Å²) >= 11 is 1.49. The van der Waals surface area contributed by atoms with Crippen LogP contribution in [0.25, 0.3) is 0 Å². The summed E-state index contributed by atoms with van der Waals surface area (Å²) in [6.07, 6.45) is 0.909. The van der Waals surface area contributed by atoms with Crippen molar-refractivity contribution in [1.82, 2.24) is 0 Å². The minimum atomic E-state index is -3.55. The topological polar surface area (TPSA) is 89.3 Å². The van der Waals surface area contributed by atoms with Gasteiger partial charge >= 0.3 is 0 Å². The Labute approximate surface area is 134 Å². The Morgan fingerprint density at radius 1 is 1.27 bits per heavy atom. The van der Waals surface area contributed by atoms with Gasteiger partial charge in [-0.3, -0.25) is 4.79 Å². The number of benzene rings is 1. The lowest BCUT2D eigenvalue weighted by Gasteiger charge is -2.05. The first-order chi connectivity index (χ1) is 10.3. The van der Waals surface area contributed by atoms with Gasteiger partial charge in [0.25, 0.3) is 5.91 Å². The smallest absolute Gasteiger partial charge is 0.265 e. The van der Waals surface area contributed by atoms with E-state index in [1.165, 1.54) is 16.2 Å². The van der Waals surface area contributed by atoms with Crippen LogP contribution in [0, 0.1) is 6.92 Å². The number of nitrogens with two attached hydrogens (primary N) is 1. The Morgan fingerprint density at radius 3 is 2.41 bits per heavy atom. The highest BCUT2D eigenvalue weighted by molar-refractivity contribution is 7.88. The number of hydrogen-bond donors (Lipinski definition) is 2. The standard InChI is InChI=1S/C15H18N2O3S2/c1-3-13-10(2)8-14(21-13)15(18)17-12-6-4-11(5-7-12)9-22(16,19)20/h4-8H,3,9H2,1-2H3,(H,17,18)(H2,16,19,20). The zero-order valence-corrected chi connectivity index (χ0v) is 14.1. The highest BCUT2D eigenvalue weighted by atomic mass is 32.2. The van der Waals surface area contributed by atoms with E-state index in [0.29, 0.717) is 16.1 Å². The van der Waals surface area contributed by atoms with Gasteiger partial charge in [-0.05, 0) is 42.7 Å². The molecule has 5 nitrogen and oxygen atoms in total. The second-order valence-corrected chi connectivity index (χ2v) is 7.78. The SMILES string of the molecule is CCc1sc(C(=O)Nc2ccc(CS(N)(=O)=O)cc2)cc1C. The quantitative estimate of drug-likeness (QED) is 0.878. The van der Waals surface area contributed by atoms with Crippen LogP contribution in [0.5, 0.6) is 0 Å². The van der Waals surface area contributed by atoms with Gasteiger partial charge in [-0.15, -0.1) is 11.3 Å². The molecule has 1 aromatic heterocycles. The fourth-order valence-electron chi connectivity index (χ4n) is 2.09. The highest BCUT2D eigenvalue weighted by Gasteiger charge is 2.12. The predicted molar refractivity (Wildman–Crippen MR) is 89.6 cm³/mol. The molecule has 0 atom stereocenters. The second kappa shape index (κ2) is 6.60. The maximum absolute atomic E-state index is 12.2. The molecule has 2 aromatic rings. The van der Waals surface area contributed by atoms with Crippen LogP contribution in [0.1, 0.15) is 32.6 Å². The van der Waals surface area contributed by atoms with Crippen LogP contribution >= 0.6 is 11.3 Å². The van der Waals surface area contributed by atoms with E-state index in [2.05, 4.69) is 12.2 Å². The normalized spacial score (nSPS) is 11.4. The van der Waals surface area contributed by atoms with Gasteiger partial charge in [0, 0.05) is 10.6 Å². The monoisotopic (exact) mass is 338 g/mol. The summed E-state index contributed by atoms with van der Waals surface area (Å²) in [5, 5.41) is 7.80. The van der Waals surface area contributed by atoms with Crippen molar-refractivity contribution in [3.05, 3.63) is 51.2 Å². The van der Waals surface area contributed by atoms with Crippen LogP contribution in [0.3, 0.4) is 0 Å². The number of carbonyl (C=O) groups is 1. The third kappa shape index (κ3) is 4.40. The molecule has 1 amide bonds. The number of rotatable bonds is 5.